The van der Waals surface area contributed by atoms with Gasteiger partial charge in [-0.25, -0.2) is 14.3 Å². The van der Waals surface area contributed by atoms with Gasteiger partial charge in [0.1, 0.15) is 11.4 Å². The maximum Gasteiger partial charge on any atom is 0.420 e. The molecule has 108 valence electrons. The number of aliphatic hydroxyl groups excluding tert-OH is 1. The van der Waals surface area contributed by atoms with Crippen LogP contribution in [-0.4, -0.2) is 26.4 Å². The van der Waals surface area contributed by atoms with Crippen molar-refractivity contribution < 1.29 is 14.6 Å². The molecule has 1 aromatic rings. The predicted octanol–water partition coefficient (Wildman–Crippen LogP) is 2.89. The highest BCUT2D eigenvalue weighted by Gasteiger charge is 2.20. The average molecular weight is 268 g/mol. The van der Waals surface area contributed by atoms with Crippen molar-refractivity contribution in [2.24, 2.45) is 0 Å². The van der Waals surface area contributed by atoms with Gasteiger partial charge in [0.05, 0.1) is 12.3 Å². The summed E-state index contributed by atoms with van der Waals surface area (Å²) in [6, 6.07) is 0. The van der Waals surface area contributed by atoms with Crippen LogP contribution < -0.4 is 0 Å². The quantitative estimate of drug-likeness (QED) is 0.834. The molecule has 5 heteroatoms. The zero-order valence-electron chi connectivity index (χ0n) is 12.3. The molecule has 0 aromatic carbocycles. The second-order valence-corrected chi connectivity index (χ2v) is 5.61. The monoisotopic (exact) mass is 268 g/mol. The van der Waals surface area contributed by atoms with Gasteiger partial charge in [-0.1, -0.05) is 19.8 Å². The fourth-order valence-corrected chi connectivity index (χ4v) is 1.73. The highest BCUT2D eigenvalue weighted by Crippen LogP contribution is 2.13. The molecular formula is C14H24N2O3. The third-order valence-electron chi connectivity index (χ3n) is 2.58. The Morgan fingerprint density at radius 2 is 2.11 bits per heavy atom. The Bertz CT molecular complexity index is 419. The normalized spacial score (nSPS) is 11.6. The molecule has 0 aliphatic carbocycles. The molecule has 0 bridgehead atoms. The summed E-state index contributed by atoms with van der Waals surface area (Å²) >= 11 is 0. The highest BCUT2D eigenvalue weighted by atomic mass is 16.6. The number of aliphatic hydroxyl groups is 1. The smallest absolute Gasteiger partial charge is 0.420 e. The average Bonchev–Trinajstić information content (AvgIpc) is 2.71. The Kier molecular flexibility index (Phi) is 5.54. The molecule has 0 unspecified atom stereocenters. The summed E-state index contributed by atoms with van der Waals surface area (Å²) in [7, 11) is 0. The first-order valence-corrected chi connectivity index (χ1v) is 6.78. The zero-order chi connectivity index (χ0) is 14.5. The number of hydrogen-bond acceptors (Lipinski definition) is 4. The second kappa shape index (κ2) is 6.70. The molecule has 0 aliphatic heterocycles. The van der Waals surface area contributed by atoms with Gasteiger partial charge >= 0.3 is 6.09 Å². The maximum absolute atomic E-state index is 12.1. The van der Waals surface area contributed by atoms with Crippen LogP contribution in [0.2, 0.25) is 0 Å². The van der Waals surface area contributed by atoms with E-state index in [1.54, 1.807) is 6.20 Å². The first-order chi connectivity index (χ1) is 8.87. The highest BCUT2D eigenvalue weighted by molar-refractivity contribution is 5.71. The number of hydrogen-bond donors (Lipinski definition) is 1. The van der Waals surface area contributed by atoms with Crippen LogP contribution in [0.5, 0.6) is 0 Å². The molecule has 1 rings (SSSR count). The number of imidazole rings is 1. The van der Waals surface area contributed by atoms with Crippen molar-refractivity contribution in [3.63, 3.8) is 0 Å². The lowest BCUT2D eigenvalue weighted by molar-refractivity contribution is 0.0531. The molecule has 19 heavy (non-hydrogen) atoms. The lowest BCUT2D eigenvalue weighted by atomic mass is 10.2. The third kappa shape index (κ3) is 5.03. The van der Waals surface area contributed by atoms with Crippen LogP contribution in [0.15, 0.2) is 6.20 Å². The van der Waals surface area contributed by atoms with E-state index in [4.69, 9.17) is 9.84 Å². The van der Waals surface area contributed by atoms with Gasteiger partial charge in [-0.15, -0.1) is 0 Å². The number of carbonyl (C=O) groups excluding carboxylic acids is 1. The van der Waals surface area contributed by atoms with Crippen molar-refractivity contribution in [3.8, 4) is 0 Å². The Labute approximate surface area is 114 Å². The number of ether oxygens (including phenoxy) is 1. The van der Waals surface area contributed by atoms with E-state index in [1.165, 1.54) is 4.57 Å². The molecule has 0 aliphatic rings. The minimum Gasteiger partial charge on any atom is -0.443 e. The first-order valence-electron chi connectivity index (χ1n) is 6.78. The number of carbonyl (C=O) groups is 1. The van der Waals surface area contributed by atoms with E-state index in [0.29, 0.717) is 17.9 Å². The maximum atomic E-state index is 12.1. The molecular weight excluding hydrogens is 244 g/mol. The van der Waals surface area contributed by atoms with Gasteiger partial charge in [0.2, 0.25) is 0 Å². The third-order valence-corrected chi connectivity index (χ3v) is 2.58. The van der Waals surface area contributed by atoms with E-state index in [1.807, 2.05) is 20.8 Å². The second-order valence-electron chi connectivity index (χ2n) is 5.61. The van der Waals surface area contributed by atoms with Crippen LogP contribution in [0.1, 0.15) is 58.5 Å². The van der Waals surface area contributed by atoms with E-state index in [9.17, 15) is 4.79 Å². The first kappa shape index (κ1) is 15.7. The molecule has 1 N–H and O–H groups in total. The number of aryl methyl sites for hydroxylation is 1. The number of rotatable bonds is 5. The van der Waals surface area contributed by atoms with Crippen LogP contribution in [0.25, 0.3) is 0 Å². The molecule has 0 saturated heterocycles. The minimum absolute atomic E-state index is 0.170. The summed E-state index contributed by atoms with van der Waals surface area (Å²) in [6.45, 7) is 7.43. The van der Waals surface area contributed by atoms with Gasteiger partial charge in [-0.05, 0) is 27.2 Å². The van der Waals surface area contributed by atoms with Crippen LogP contribution in [0.4, 0.5) is 4.79 Å². The molecule has 0 fully saturated rings. The molecule has 0 amide bonds. The van der Waals surface area contributed by atoms with Gasteiger partial charge < -0.3 is 9.84 Å². The Morgan fingerprint density at radius 1 is 1.42 bits per heavy atom. The molecule has 0 saturated carbocycles. The summed E-state index contributed by atoms with van der Waals surface area (Å²) in [5.74, 6) is 0.659. The predicted molar refractivity (Wildman–Crippen MR) is 73.0 cm³/mol. The van der Waals surface area contributed by atoms with Crippen molar-refractivity contribution in [2.75, 3.05) is 0 Å². The Balaban J connectivity index is 2.84. The largest absolute Gasteiger partial charge is 0.443 e. The summed E-state index contributed by atoms with van der Waals surface area (Å²) < 4.78 is 6.74. The van der Waals surface area contributed by atoms with E-state index < -0.39 is 11.7 Å². The molecule has 1 heterocycles. The van der Waals surface area contributed by atoms with Crippen molar-refractivity contribution in [1.29, 1.82) is 0 Å². The van der Waals surface area contributed by atoms with E-state index in [2.05, 4.69) is 11.9 Å². The molecule has 5 nitrogen and oxygen atoms in total. The molecule has 0 spiro atoms. The van der Waals surface area contributed by atoms with Crippen molar-refractivity contribution >= 4 is 6.09 Å². The molecule has 0 atom stereocenters. The van der Waals surface area contributed by atoms with Crippen molar-refractivity contribution in [2.45, 2.75) is 65.6 Å². The van der Waals surface area contributed by atoms with Gasteiger partial charge in [0.15, 0.2) is 0 Å². The lowest BCUT2D eigenvalue weighted by Crippen LogP contribution is -2.27. The summed E-state index contributed by atoms with van der Waals surface area (Å²) in [6.07, 6.45) is 5.01. The van der Waals surface area contributed by atoms with E-state index in [0.717, 1.165) is 19.3 Å². The number of nitrogens with zero attached hydrogens (tertiary/aromatic N) is 2. The summed E-state index contributed by atoms with van der Waals surface area (Å²) in [4.78, 5) is 16.3. The van der Waals surface area contributed by atoms with Crippen molar-refractivity contribution in [3.05, 3.63) is 17.7 Å². The van der Waals surface area contributed by atoms with E-state index >= 15 is 0 Å². The van der Waals surface area contributed by atoms with Gasteiger partial charge in [-0.2, -0.15) is 0 Å². The van der Waals surface area contributed by atoms with Crippen LogP contribution in [-0.2, 0) is 17.8 Å². The van der Waals surface area contributed by atoms with Crippen molar-refractivity contribution in [1.82, 2.24) is 9.55 Å². The van der Waals surface area contributed by atoms with Crippen LogP contribution in [0.3, 0.4) is 0 Å². The van der Waals surface area contributed by atoms with E-state index in [-0.39, 0.29) is 6.61 Å². The number of aromatic nitrogens is 2. The topological polar surface area (TPSA) is 64.4 Å². The van der Waals surface area contributed by atoms with Gasteiger partial charge in [-0.3, -0.25) is 0 Å². The SMILES string of the molecule is CCCCCc1nc(CO)cn1C(=O)OC(C)(C)C. The fraction of sp³-hybridized carbons (Fsp3) is 0.714. The fourth-order valence-electron chi connectivity index (χ4n) is 1.73. The molecule has 1 aromatic heterocycles. The van der Waals surface area contributed by atoms with Crippen LogP contribution >= 0.6 is 0 Å². The zero-order valence-corrected chi connectivity index (χ0v) is 12.3. The Hall–Kier alpha value is -1.36. The summed E-state index contributed by atoms with van der Waals surface area (Å²) in [5.41, 5.74) is -0.0427. The minimum atomic E-state index is -0.540. The Morgan fingerprint density at radius 3 is 2.63 bits per heavy atom. The lowest BCUT2D eigenvalue weighted by Gasteiger charge is -2.20. The van der Waals surface area contributed by atoms with Crippen LogP contribution in [0, 0.1) is 0 Å². The van der Waals surface area contributed by atoms with Gasteiger partial charge in [0, 0.05) is 12.6 Å². The van der Waals surface area contributed by atoms with Gasteiger partial charge in [0.25, 0.3) is 0 Å². The molecule has 0 radical (unpaired) electrons. The standard InChI is InChI=1S/C14H24N2O3/c1-5-6-7-8-12-15-11(10-17)9-16(12)13(18)19-14(2,3)4/h9,17H,5-8,10H2,1-4H3. The number of unbranched alkanes of at least 4 members (excludes halogenated alkanes) is 2. The summed E-state index contributed by atoms with van der Waals surface area (Å²) in [5, 5.41) is 9.13.